The van der Waals surface area contributed by atoms with Crippen LogP contribution in [0.2, 0.25) is 0 Å². The van der Waals surface area contributed by atoms with Crippen molar-refractivity contribution >= 4 is 16.1 Å². The summed E-state index contributed by atoms with van der Waals surface area (Å²) >= 11 is 0. The molecule has 0 heterocycles. The smallest absolute Gasteiger partial charge is 0.353 e. The van der Waals surface area contributed by atoms with Crippen LogP contribution in [0.1, 0.15) is 0 Å². The Morgan fingerprint density at radius 3 is 1.91 bits per heavy atom. The highest BCUT2D eigenvalue weighted by Crippen LogP contribution is 2.22. The van der Waals surface area contributed by atoms with Crippen molar-refractivity contribution in [1.29, 1.82) is 0 Å². The lowest BCUT2D eigenvalue weighted by Crippen LogP contribution is -2.42. The number of rotatable bonds is 2. The van der Waals surface area contributed by atoms with Gasteiger partial charge in [-0.2, -0.15) is 17.2 Å². The van der Waals surface area contributed by atoms with Crippen LogP contribution in [0, 0.1) is 0 Å². The molecule has 0 aliphatic heterocycles. The van der Waals surface area contributed by atoms with E-state index in [1.54, 1.807) is 0 Å². The van der Waals surface area contributed by atoms with E-state index >= 15 is 0 Å². The summed E-state index contributed by atoms with van der Waals surface area (Å²) in [4.78, 5) is 10.00. The van der Waals surface area contributed by atoms with E-state index in [0.717, 1.165) is 7.05 Å². The quantitative estimate of drug-likeness (QED) is 0.605. The Morgan fingerprint density at radius 1 is 1.45 bits per heavy atom. The van der Waals surface area contributed by atoms with E-state index in [4.69, 9.17) is 0 Å². The van der Waals surface area contributed by atoms with Gasteiger partial charge in [0.25, 0.3) is 0 Å². The fourth-order valence-corrected chi connectivity index (χ4v) is 0.580. The summed E-state index contributed by atoms with van der Waals surface area (Å²) in [6.07, 6.45) is 0. The lowest BCUT2D eigenvalue weighted by Gasteiger charge is -2.07. The molecular weight excluding hydrogens is 187 g/mol. The van der Waals surface area contributed by atoms with Crippen LogP contribution in [0.3, 0.4) is 0 Å². The Bertz CT molecular complexity index is 259. The number of hydrogen-bond donors (Lipinski definition) is 1. The van der Waals surface area contributed by atoms with E-state index < -0.39 is 21.4 Å². The van der Waals surface area contributed by atoms with Crippen LogP contribution in [0.25, 0.3) is 0 Å². The average Bonchev–Trinajstić information content (AvgIpc) is 1.83. The van der Waals surface area contributed by atoms with Gasteiger partial charge in [0.2, 0.25) is 0 Å². The van der Waals surface area contributed by atoms with Crippen LogP contribution in [0.4, 0.5) is 12.7 Å². The van der Waals surface area contributed by atoms with E-state index in [-0.39, 0.29) is 0 Å². The largest absolute Gasteiger partial charge is 0.451 e. The van der Waals surface area contributed by atoms with Crippen molar-refractivity contribution in [3.05, 3.63) is 0 Å². The highest BCUT2D eigenvalue weighted by atomic mass is 32.3. The van der Waals surface area contributed by atoms with E-state index in [9.17, 15) is 25.9 Å². The first kappa shape index (κ1) is 10.2. The number of halogens is 3. The minimum Gasteiger partial charge on any atom is -0.353 e. The summed E-state index contributed by atoms with van der Waals surface area (Å²) in [5.74, 6) is -2.19. The van der Waals surface area contributed by atoms with Gasteiger partial charge >= 0.3 is 21.4 Å². The third-order valence-corrected chi connectivity index (χ3v) is 1.60. The molecule has 0 aliphatic carbocycles. The van der Waals surface area contributed by atoms with Crippen molar-refractivity contribution in [2.24, 2.45) is 0 Å². The number of amides is 1. The van der Waals surface area contributed by atoms with E-state index in [1.165, 1.54) is 5.32 Å². The third-order valence-electron chi connectivity index (χ3n) is 0.798. The molecule has 0 unspecified atom stereocenters. The standard InChI is InChI=1S/C3H4F3NO3S/c1-7-2(8)3(4,5)11(6,9)10/h1H3,(H,7,8). The van der Waals surface area contributed by atoms with Crippen LogP contribution in [0.15, 0.2) is 0 Å². The molecule has 0 saturated heterocycles. The van der Waals surface area contributed by atoms with Crippen molar-refractivity contribution in [3.63, 3.8) is 0 Å². The van der Waals surface area contributed by atoms with Gasteiger partial charge in [-0.15, -0.1) is 0 Å². The van der Waals surface area contributed by atoms with Gasteiger partial charge in [-0.1, -0.05) is 3.89 Å². The minimum atomic E-state index is -6.16. The average molecular weight is 191 g/mol. The lowest BCUT2D eigenvalue weighted by molar-refractivity contribution is -0.135. The van der Waals surface area contributed by atoms with Crippen LogP contribution in [0.5, 0.6) is 0 Å². The van der Waals surface area contributed by atoms with Crippen molar-refractivity contribution in [1.82, 2.24) is 5.32 Å². The molecule has 0 spiro atoms. The fraction of sp³-hybridized carbons (Fsp3) is 0.667. The molecular formula is C3H4F3NO3S. The van der Waals surface area contributed by atoms with Crippen molar-refractivity contribution in [2.45, 2.75) is 5.25 Å². The second-order valence-corrected chi connectivity index (χ2v) is 2.92. The topological polar surface area (TPSA) is 63.2 Å². The van der Waals surface area contributed by atoms with E-state index in [1.807, 2.05) is 0 Å². The number of hydrogen-bond acceptors (Lipinski definition) is 3. The Morgan fingerprint density at radius 2 is 1.82 bits per heavy atom. The highest BCUT2D eigenvalue weighted by molar-refractivity contribution is 7.88. The first-order valence-electron chi connectivity index (χ1n) is 2.27. The molecule has 4 nitrogen and oxygen atoms in total. The minimum absolute atomic E-state index is 0.765. The van der Waals surface area contributed by atoms with Crippen LogP contribution in [-0.4, -0.2) is 26.6 Å². The summed E-state index contributed by atoms with van der Waals surface area (Å²) in [6.45, 7) is 0. The van der Waals surface area contributed by atoms with Crippen LogP contribution < -0.4 is 5.32 Å². The first-order valence-corrected chi connectivity index (χ1v) is 3.66. The molecule has 1 amide bonds. The summed E-state index contributed by atoms with van der Waals surface area (Å²) in [5, 5.41) is -3.69. The molecule has 0 bridgehead atoms. The normalized spacial score (nSPS) is 12.7. The second kappa shape index (κ2) is 2.68. The Hall–Kier alpha value is -0.790. The Balaban J connectivity index is 4.90. The third kappa shape index (κ3) is 1.82. The lowest BCUT2D eigenvalue weighted by atomic mass is 10.6. The maximum absolute atomic E-state index is 11.9. The van der Waals surface area contributed by atoms with E-state index in [0.29, 0.717) is 0 Å². The van der Waals surface area contributed by atoms with Gasteiger partial charge in [-0.25, -0.2) is 0 Å². The molecule has 0 aromatic rings. The van der Waals surface area contributed by atoms with Crippen LogP contribution in [-0.2, 0) is 15.0 Å². The number of carbonyl (C=O) groups is 1. The Kier molecular flexibility index (Phi) is 2.49. The molecule has 66 valence electrons. The summed E-state index contributed by atoms with van der Waals surface area (Å²) in [6, 6.07) is 0. The molecule has 0 atom stereocenters. The fourth-order valence-electron chi connectivity index (χ4n) is 0.256. The Labute approximate surface area is 60.6 Å². The molecule has 0 saturated carbocycles. The van der Waals surface area contributed by atoms with Crippen molar-refractivity contribution in [3.8, 4) is 0 Å². The molecule has 0 rings (SSSR count). The van der Waals surface area contributed by atoms with Gasteiger partial charge in [0.05, 0.1) is 0 Å². The molecule has 8 heteroatoms. The summed E-state index contributed by atoms with van der Waals surface area (Å²) in [7, 11) is -5.39. The SMILES string of the molecule is CNC(=O)C(F)(F)S(=O)(=O)F. The van der Waals surface area contributed by atoms with Crippen molar-refractivity contribution in [2.75, 3.05) is 7.05 Å². The molecule has 1 N–H and O–H groups in total. The predicted octanol–water partition coefficient (Wildman–Crippen LogP) is -0.376. The van der Waals surface area contributed by atoms with Crippen molar-refractivity contribution < 1.29 is 25.9 Å². The molecule has 0 aromatic heterocycles. The number of carbonyl (C=O) groups excluding carboxylic acids is 1. The second-order valence-electron chi connectivity index (χ2n) is 1.53. The predicted molar refractivity (Wildman–Crippen MR) is 29.0 cm³/mol. The zero-order valence-corrected chi connectivity index (χ0v) is 6.08. The number of alkyl halides is 2. The molecule has 0 radical (unpaired) electrons. The van der Waals surface area contributed by atoms with Gasteiger partial charge < -0.3 is 5.32 Å². The van der Waals surface area contributed by atoms with Gasteiger partial charge in [0.15, 0.2) is 0 Å². The zero-order chi connectivity index (χ0) is 9.28. The molecule has 11 heavy (non-hydrogen) atoms. The highest BCUT2D eigenvalue weighted by Gasteiger charge is 2.53. The first-order chi connectivity index (χ1) is 4.73. The van der Waals surface area contributed by atoms with Gasteiger partial charge in [0.1, 0.15) is 0 Å². The monoisotopic (exact) mass is 191 g/mol. The molecule has 0 fully saturated rings. The summed E-state index contributed by atoms with van der Waals surface area (Å²) < 4.78 is 54.6. The molecule has 0 aliphatic rings. The van der Waals surface area contributed by atoms with Crippen LogP contribution >= 0.6 is 0 Å². The maximum Gasteiger partial charge on any atom is 0.451 e. The number of nitrogens with one attached hydrogen (secondary N) is 1. The van der Waals surface area contributed by atoms with Gasteiger partial charge in [-0.05, 0) is 0 Å². The maximum atomic E-state index is 11.9. The van der Waals surface area contributed by atoms with Gasteiger partial charge in [-0.3, -0.25) is 4.79 Å². The summed E-state index contributed by atoms with van der Waals surface area (Å²) in [5.41, 5.74) is 0. The van der Waals surface area contributed by atoms with Gasteiger partial charge in [0, 0.05) is 7.05 Å². The molecule has 0 aromatic carbocycles. The zero-order valence-electron chi connectivity index (χ0n) is 5.27. The van der Waals surface area contributed by atoms with E-state index in [2.05, 4.69) is 0 Å².